The molecule has 0 bridgehead atoms. The van der Waals surface area contributed by atoms with Gasteiger partial charge in [-0.2, -0.15) is 0 Å². The molecule has 9 aromatic carbocycles. The van der Waals surface area contributed by atoms with Crippen LogP contribution in [0.25, 0.3) is 93.5 Å². The first-order valence-corrected chi connectivity index (χ1v) is 16.9. The first-order valence-electron chi connectivity index (χ1n) is 16.9. The van der Waals surface area contributed by atoms with Crippen LogP contribution in [0.1, 0.15) is 0 Å². The van der Waals surface area contributed by atoms with E-state index in [1.807, 2.05) is 0 Å². The molecule has 10 rings (SSSR count). The van der Waals surface area contributed by atoms with Gasteiger partial charge in [0.15, 0.2) is 0 Å². The van der Waals surface area contributed by atoms with Crippen LogP contribution in [0, 0.1) is 0 Å². The van der Waals surface area contributed by atoms with Gasteiger partial charge in [0.1, 0.15) is 0 Å². The zero-order valence-electron chi connectivity index (χ0n) is 26.8. The maximum atomic E-state index is 2.42. The van der Waals surface area contributed by atoms with Crippen LogP contribution in [0.15, 0.2) is 188 Å². The molecule has 0 aliphatic carbocycles. The Kier molecular flexibility index (Phi) is 6.25. The molecule has 0 aliphatic heterocycles. The van der Waals surface area contributed by atoms with Gasteiger partial charge >= 0.3 is 0 Å². The second-order valence-electron chi connectivity index (χ2n) is 12.9. The van der Waals surface area contributed by atoms with Crippen molar-refractivity contribution in [1.29, 1.82) is 0 Å². The average molecular weight is 622 g/mol. The van der Waals surface area contributed by atoms with Crippen LogP contribution in [0.5, 0.6) is 0 Å². The Morgan fingerprint density at radius 2 is 0.857 bits per heavy atom. The van der Waals surface area contributed by atoms with Crippen molar-refractivity contribution in [3.8, 4) is 50.3 Å². The summed E-state index contributed by atoms with van der Waals surface area (Å²) in [5.74, 6) is 0. The molecule has 0 radical (unpaired) electrons. The van der Waals surface area contributed by atoms with Crippen molar-refractivity contribution in [3.63, 3.8) is 0 Å². The Morgan fingerprint density at radius 1 is 0.306 bits per heavy atom. The molecule has 0 aliphatic rings. The van der Waals surface area contributed by atoms with Gasteiger partial charge in [0.05, 0.1) is 11.2 Å². The minimum atomic E-state index is 1.16. The van der Waals surface area contributed by atoms with Crippen LogP contribution in [0.3, 0.4) is 0 Å². The van der Waals surface area contributed by atoms with Crippen LogP contribution in [-0.2, 0) is 0 Å². The van der Waals surface area contributed by atoms with Gasteiger partial charge in [-0.05, 0) is 108 Å². The van der Waals surface area contributed by atoms with Crippen LogP contribution in [0.4, 0.5) is 0 Å². The molecule has 0 unspecified atom stereocenters. The van der Waals surface area contributed by atoms with E-state index in [2.05, 4.69) is 193 Å². The highest BCUT2D eigenvalue weighted by atomic mass is 15.0. The second kappa shape index (κ2) is 11.1. The Balaban J connectivity index is 1.21. The fraction of sp³-hybridized carbons (Fsp3) is 0. The number of aromatic nitrogens is 1. The smallest absolute Gasteiger partial charge is 0.0541 e. The van der Waals surface area contributed by atoms with Crippen molar-refractivity contribution in [2.75, 3.05) is 0 Å². The molecule has 228 valence electrons. The second-order valence-corrected chi connectivity index (χ2v) is 12.9. The molecular weight excluding hydrogens is 591 g/mol. The summed E-state index contributed by atoms with van der Waals surface area (Å²) >= 11 is 0. The molecule has 0 spiro atoms. The number of fused-ring (bicyclic) bond motifs is 1. The van der Waals surface area contributed by atoms with E-state index in [1.165, 1.54) is 87.9 Å². The van der Waals surface area contributed by atoms with Crippen LogP contribution < -0.4 is 0 Å². The molecule has 1 heteroatoms. The lowest BCUT2D eigenvalue weighted by Gasteiger charge is -2.19. The summed E-state index contributed by atoms with van der Waals surface area (Å²) in [6.07, 6.45) is 0. The fourth-order valence-electron chi connectivity index (χ4n) is 7.85. The summed E-state index contributed by atoms with van der Waals surface area (Å²) in [5, 5.41) is 9.02. The molecule has 1 aromatic heterocycles. The number of benzene rings is 9. The van der Waals surface area contributed by atoms with E-state index in [0.717, 1.165) is 5.69 Å². The molecule has 0 fully saturated rings. The van der Waals surface area contributed by atoms with Gasteiger partial charge in [-0.3, -0.25) is 0 Å². The molecule has 0 saturated carbocycles. The van der Waals surface area contributed by atoms with Gasteiger partial charge in [0.25, 0.3) is 0 Å². The normalized spacial score (nSPS) is 11.7. The molecule has 10 aromatic rings. The lowest BCUT2D eigenvalue weighted by molar-refractivity contribution is 1.13. The summed E-state index contributed by atoms with van der Waals surface area (Å²) in [5.41, 5.74) is 12.1. The maximum absolute atomic E-state index is 2.42. The molecule has 49 heavy (non-hydrogen) atoms. The predicted octanol–water partition coefficient (Wildman–Crippen LogP) is 13.2. The summed E-state index contributed by atoms with van der Waals surface area (Å²) < 4.78 is 2.39. The van der Waals surface area contributed by atoms with Crippen molar-refractivity contribution >= 4 is 43.2 Å². The van der Waals surface area contributed by atoms with Crippen LogP contribution >= 0.6 is 0 Å². The molecule has 1 nitrogen and oxygen atoms in total. The van der Waals surface area contributed by atoms with Gasteiger partial charge in [0.2, 0.25) is 0 Å². The van der Waals surface area contributed by atoms with Crippen LogP contribution in [0.2, 0.25) is 0 Å². The lowest BCUT2D eigenvalue weighted by Crippen LogP contribution is -1.96. The largest absolute Gasteiger partial charge is 0.309 e. The first-order chi connectivity index (χ1) is 24.3. The highest BCUT2D eigenvalue weighted by molar-refractivity contribution is 6.28. The summed E-state index contributed by atoms with van der Waals surface area (Å²) in [4.78, 5) is 0. The number of rotatable bonds is 5. The minimum Gasteiger partial charge on any atom is -0.309 e. The van der Waals surface area contributed by atoms with E-state index in [9.17, 15) is 0 Å². The van der Waals surface area contributed by atoms with Crippen molar-refractivity contribution in [1.82, 2.24) is 4.57 Å². The number of para-hydroxylation sites is 2. The van der Waals surface area contributed by atoms with Gasteiger partial charge in [-0.1, -0.05) is 152 Å². The summed E-state index contributed by atoms with van der Waals surface area (Å²) in [6.45, 7) is 0. The van der Waals surface area contributed by atoms with E-state index < -0.39 is 0 Å². The first kappa shape index (κ1) is 27.7. The number of hydrogen-bond donors (Lipinski definition) is 0. The van der Waals surface area contributed by atoms with E-state index >= 15 is 0 Å². The van der Waals surface area contributed by atoms with Gasteiger partial charge in [0, 0.05) is 11.1 Å². The summed E-state index contributed by atoms with van der Waals surface area (Å²) in [6, 6.07) is 68.8. The highest BCUT2D eigenvalue weighted by Crippen LogP contribution is 2.45. The van der Waals surface area contributed by atoms with Crippen molar-refractivity contribution in [2.45, 2.75) is 0 Å². The molecular formula is C48H31N. The molecule has 1 heterocycles. The molecule has 0 N–H and O–H groups in total. The third-order valence-electron chi connectivity index (χ3n) is 10.1. The van der Waals surface area contributed by atoms with E-state index in [-0.39, 0.29) is 0 Å². The van der Waals surface area contributed by atoms with Crippen LogP contribution in [-0.4, -0.2) is 4.57 Å². The van der Waals surface area contributed by atoms with Crippen molar-refractivity contribution in [3.05, 3.63) is 188 Å². The monoisotopic (exact) mass is 621 g/mol. The topological polar surface area (TPSA) is 4.93 Å². The van der Waals surface area contributed by atoms with E-state index in [4.69, 9.17) is 0 Å². The highest BCUT2D eigenvalue weighted by Gasteiger charge is 2.18. The Bertz CT molecular complexity index is 2770. The fourth-order valence-corrected chi connectivity index (χ4v) is 7.85. The van der Waals surface area contributed by atoms with Crippen molar-refractivity contribution in [2.24, 2.45) is 0 Å². The molecule has 0 amide bonds. The maximum Gasteiger partial charge on any atom is 0.0541 e. The predicted molar refractivity (Wildman–Crippen MR) is 209 cm³/mol. The Hall–Kier alpha value is -6.44. The quantitative estimate of drug-likeness (QED) is 0.169. The van der Waals surface area contributed by atoms with E-state index in [1.54, 1.807) is 0 Å². The number of hydrogen-bond acceptors (Lipinski definition) is 0. The summed E-state index contributed by atoms with van der Waals surface area (Å²) in [7, 11) is 0. The minimum absolute atomic E-state index is 1.16. The molecule has 0 atom stereocenters. The zero-order chi connectivity index (χ0) is 32.3. The van der Waals surface area contributed by atoms with Crippen molar-refractivity contribution < 1.29 is 0 Å². The van der Waals surface area contributed by atoms with E-state index in [0.29, 0.717) is 0 Å². The third-order valence-corrected chi connectivity index (χ3v) is 10.1. The lowest BCUT2D eigenvalue weighted by atomic mass is 9.85. The Morgan fingerprint density at radius 3 is 1.61 bits per heavy atom. The van der Waals surface area contributed by atoms with Gasteiger partial charge in [-0.15, -0.1) is 0 Å². The third kappa shape index (κ3) is 4.47. The standard InChI is InChI=1S/C48H31N/c1-3-11-32(12-4-1)33-21-23-34(24-22-33)43-31-44(42-28-26-36-15-9-14-35-25-27-41(43)48(42)47(35)36)37-16-10-17-38(29-37)46-30-39-13-7-8-20-45(39)49(46)40-18-5-2-6-19-40/h1-31H. The van der Waals surface area contributed by atoms with Gasteiger partial charge in [-0.25, -0.2) is 0 Å². The molecule has 0 saturated heterocycles. The Labute approximate surface area is 285 Å². The zero-order valence-corrected chi connectivity index (χ0v) is 26.8. The SMILES string of the molecule is c1ccc(-c2ccc(-c3cc(-c4cccc(-c5cc6ccccc6n5-c5ccccc5)c4)c4ccc5cccc6ccc3c4c65)cc2)cc1. The van der Waals surface area contributed by atoms with Gasteiger partial charge < -0.3 is 4.57 Å². The number of nitrogens with zero attached hydrogens (tertiary/aromatic N) is 1. The average Bonchev–Trinajstić information content (AvgIpc) is 3.57.